The first-order valence-electron chi connectivity index (χ1n) is 11.0. The van der Waals surface area contributed by atoms with Crippen LogP contribution < -0.4 is 5.32 Å². The quantitative estimate of drug-likeness (QED) is 0.669. The molecule has 8 nitrogen and oxygen atoms in total. The summed E-state index contributed by atoms with van der Waals surface area (Å²) >= 11 is 0. The highest BCUT2D eigenvalue weighted by Crippen LogP contribution is 2.37. The van der Waals surface area contributed by atoms with Crippen molar-refractivity contribution in [1.82, 2.24) is 4.57 Å². The third-order valence-electron chi connectivity index (χ3n) is 6.25. The number of aromatic nitrogens is 1. The van der Waals surface area contributed by atoms with Gasteiger partial charge in [-0.1, -0.05) is 30.1 Å². The molecule has 1 aliphatic heterocycles. The van der Waals surface area contributed by atoms with Crippen LogP contribution in [0.15, 0.2) is 29.4 Å². The van der Waals surface area contributed by atoms with Gasteiger partial charge in [-0.15, -0.1) is 0 Å². The van der Waals surface area contributed by atoms with E-state index in [0.29, 0.717) is 22.7 Å². The molecule has 2 aliphatic rings. The van der Waals surface area contributed by atoms with Gasteiger partial charge in [0.15, 0.2) is 6.61 Å². The number of amides is 1. The van der Waals surface area contributed by atoms with Crippen molar-refractivity contribution in [2.24, 2.45) is 5.16 Å². The Bertz CT molecular complexity index is 1160. The summed E-state index contributed by atoms with van der Waals surface area (Å²) in [5, 5.41) is 16.3. The summed E-state index contributed by atoms with van der Waals surface area (Å²) in [5.41, 5.74) is 3.15. The van der Waals surface area contributed by atoms with Crippen molar-refractivity contribution < 1.29 is 23.6 Å². The van der Waals surface area contributed by atoms with Gasteiger partial charge >= 0.3 is 5.97 Å². The van der Waals surface area contributed by atoms with Crippen molar-refractivity contribution in [3.05, 3.63) is 52.5 Å². The molecule has 1 N–H and O–H groups in total. The highest BCUT2D eigenvalue weighted by molar-refractivity contribution is 6.03. The molecule has 4 rings (SSSR count). The number of carbonyl (C=O) groups is 2. The number of nitrogens with zero attached hydrogens (tertiary/aromatic N) is 3. The second-order valence-electron chi connectivity index (χ2n) is 8.36. The molecule has 1 amide bonds. The van der Waals surface area contributed by atoms with E-state index in [4.69, 9.17) is 9.57 Å². The second kappa shape index (κ2) is 9.45. The molecule has 0 bridgehead atoms. The third-order valence-corrected chi connectivity index (χ3v) is 6.25. The smallest absolute Gasteiger partial charge is 0.351 e. The Hall–Kier alpha value is -3.67. The highest BCUT2D eigenvalue weighted by atomic mass is 19.1. The van der Waals surface area contributed by atoms with E-state index in [1.165, 1.54) is 12.1 Å². The highest BCUT2D eigenvalue weighted by Gasteiger charge is 2.31. The summed E-state index contributed by atoms with van der Waals surface area (Å²) in [6, 6.07) is 8.25. The summed E-state index contributed by atoms with van der Waals surface area (Å²) in [6.07, 6.45) is 3.31. The predicted molar refractivity (Wildman–Crippen MR) is 118 cm³/mol. The van der Waals surface area contributed by atoms with E-state index in [1.54, 1.807) is 12.1 Å². The third kappa shape index (κ3) is 4.60. The molecule has 1 saturated carbocycles. The molecule has 1 aromatic carbocycles. The molecule has 1 fully saturated rings. The summed E-state index contributed by atoms with van der Waals surface area (Å²) in [4.78, 5) is 30.1. The molecule has 2 heterocycles. The van der Waals surface area contributed by atoms with E-state index in [0.717, 1.165) is 36.9 Å². The maximum Gasteiger partial charge on any atom is 0.351 e. The van der Waals surface area contributed by atoms with Crippen molar-refractivity contribution in [3.8, 4) is 6.07 Å². The molecule has 1 aliphatic carbocycles. The zero-order chi connectivity index (χ0) is 23.5. The van der Waals surface area contributed by atoms with Crippen LogP contribution in [-0.2, 0) is 19.2 Å². The van der Waals surface area contributed by atoms with Crippen LogP contribution in [0.3, 0.4) is 0 Å². The van der Waals surface area contributed by atoms with Crippen LogP contribution in [0.4, 0.5) is 10.2 Å². The fourth-order valence-electron chi connectivity index (χ4n) is 4.45. The van der Waals surface area contributed by atoms with Crippen LogP contribution in [0.25, 0.3) is 0 Å². The Balaban J connectivity index is 1.37. The van der Waals surface area contributed by atoms with Gasteiger partial charge in [0.05, 0.1) is 11.3 Å². The van der Waals surface area contributed by atoms with Crippen molar-refractivity contribution in [3.63, 3.8) is 0 Å². The Morgan fingerprint density at radius 2 is 2.09 bits per heavy atom. The lowest BCUT2D eigenvalue weighted by molar-refractivity contribution is -0.157. The predicted octanol–water partition coefficient (Wildman–Crippen LogP) is 3.91. The van der Waals surface area contributed by atoms with Gasteiger partial charge in [0.1, 0.15) is 17.7 Å². The van der Waals surface area contributed by atoms with Crippen molar-refractivity contribution in [2.45, 2.75) is 58.1 Å². The van der Waals surface area contributed by atoms with Crippen LogP contribution >= 0.6 is 0 Å². The van der Waals surface area contributed by atoms with E-state index in [9.17, 15) is 19.2 Å². The van der Waals surface area contributed by atoms with Crippen LogP contribution in [0.1, 0.15) is 60.5 Å². The molecule has 0 spiro atoms. The van der Waals surface area contributed by atoms with Crippen molar-refractivity contribution >= 4 is 23.4 Å². The van der Waals surface area contributed by atoms with Gasteiger partial charge in [-0.05, 0) is 44.4 Å². The lowest BCUT2D eigenvalue weighted by atomic mass is 10.1. The lowest BCUT2D eigenvalue weighted by Gasteiger charge is -2.19. The molecule has 1 unspecified atom stereocenters. The van der Waals surface area contributed by atoms with Gasteiger partial charge in [-0.2, -0.15) is 5.26 Å². The fourth-order valence-corrected chi connectivity index (χ4v) is 4.45. The summed E-state index contributed by atoms with van der Waals surface area (Å²) < 4.78 is 20.6. The lowest BCUT2D eigenvalue weighted by Crippen LogP contribution is -2.29. The largest absolute Gasteiger partial charge is 0.453 e. The first-order valence-corrected chi connectivity index (χ1v) is 11.0. The first kappa shape index (κ1) is 22.5. The Labute approximate surface area is 191 Å². The van der Waals surface area contributed by atoms with Crippen molar-refractivity contribution in [2.75, 3.05) is 11.9 Å². The van der Waals surface area contributed by atoms with Gasteiger partial charge in [0.2, 0.25) is 6.10 Å². The molecule has 1 atom stereocenters. The monoisotopic (exact) mass is 452 g/mol. The van der Waals surface area contributed by atoms with Crippen LogP contribution in [0.2, 0.25) is 0 Å². The maximum atomic E-state index is 13.4. The number of anilines is 1. The standard InChI is InChI=1S/C24H25FN4O4/c1-14-15(2)29(18-8-3-4-9-18)23(19(14)12-26)27-22(30)13-32-24(31)21-11-20(28-33-21)16-6-5-7-17(25)10-16/h5-7,10,18,21H,3-4,8-9,11,13H2,1-2H3,(H,27,30). The number of benzene rings is 1. The Morgan fingerprint density at radius 3 is 2.79 bits per heavy atom. The molecule has 9 heteroatoms. The Kier molecular flexibility index (Phi) is 6.45. The number of oxime groups is 1. The van der Waals surface area contributed by atoms with Gasteiger partial charge < -0.3 is 19.5 Å². The summed E-state index contributed by atoms with van der Waals surface area (Å²) in [5.74, 6) is -1.24. The zero-order valence-corrected chi connectivity index (χ0v) is 18.6. The minimum absolute atomic E-state index is 0.116. The minimum atomic E-state index is -1.00. The van der Waals surface area contributed by atoms with Crippen LogP contribution in [0, 0.1) is 31.0 Å². The minimum Gasteiger partial charge on any atom is -0.453 e. The molecule has 0 radical (unpaired) electrons. The van der Waals surface area contributed by atoms with Gasteiger partial charge in [-0.25, -0.2) is 9.18 Å². The van der Waals surface area contributed by atoms with Crippen LogP contribution in [0.5, 0.6) is 0 Å². The molecular formula is C24H25FN4O4. The zero-order valence-electron chi connectivity index (χ0n) is 18.6. The van der Waals surface area contributed by atoms with E-state index in [1.807, 2.05) is 18.4 Å². The number of hydrogen-bond donors (Lipinski definition) is 1. The summed E-state index contributed by atoms with van der Waals surface area (Å²) in [7, 11) is 0. The van der Waals surface area contributed by atoms with Gasteiger partial charge in [0.25, 0.3) is 5.91 Å². The molecule has 172 valence electrons. The van der Waals surface area contributed by atoms with Crippen LogP contribution in [-0.4, -0.2) is 34.9 Å². The number of carbonyl (C=O) groups excluding carboxylic acids is 2. The SMILES string of the molecule is Cc1c(C#N)c(NC(=O)COC(=O)C2CC(c3cccc(F)c3)=NO2)n(C2CCCC2)c1C. The topological polar surface area (TPSA) is 106 Å². The number of ether oxygens (including phenoxy) is 1. The van der Waals surface area contributed by atoms with E-state index in [-0.39, 0.29) is 12.5 Å². The number of halogens is 1. The molecular weight excluding hydrogens is 427 g/mol. The number of hydrogen-bond acceptors (Lipinski definition) is 6. The van der Waals surface area contributed by atoms with E-state index < -0.39 is 30.4 Å². The first-order chi connectivity index (χ1) is 15.9. The van der Waals surface area contributed by atoms with Crippen molar-refractivity contribution in [1.29, 1.82) is 5.26 Å². The average molecular weight is 452 g/mol. The Morgan fingerprint density at radius 1 is 1.33 bits per heavy atom. The second-order valence-corrected chi connectivity index (χ2v) is 8.36. The van der Waals surface area contributed by atoms with E-state index >= 15 is 0 Å². The molecule has 0 saturated heterocycles. The molecule has 1 aromatic heterocycles. The number of nitriles is 1. The number of nitrogens with one attached hydrogen (secondary N) is 1. The normalized spacial score (nSPS) is 17.9. The van der Waals surface area contributed by atoms with Gasteiger partial charge in [-0.3, -0.25) is 4.79 Å². The maximum absolute atomic E-state index is 13.4. The number of rotatable bonds is 6. The fraction of sp³-hybridized carbons (Fsp3) is 0.417. The number of esters is 1. The summed E-state index contributed by atoms with van der Waals surface area (Å²) in [6.45, 7) is 3.28. The van der Waals surface area contributed by atoms with Gasteiger partial charge in [0, 0.05) is 23.7 Å². The van der Waals surface area contributed by atoms with E-state index in [2.05, 4.69) is 16.5 Å². The average Bonchev–Trinajstić information content (AvgIpc) is 3.54. The molecule has 2 aromatic rings. The molecule has 33 heavy (non-hydrogen) atoms.